The predicted molar refractivity (Wildman–Crippen MR) is 52.9 cm³/mol. The van der Waals surface area contributed by atoms with E-state index >= 15 is 0 Å². The van der Waals surface area contributed by atoms with E-state index in [0.717, 1.165) is 6.92 Å². The van der Waals surface area contributed by atoms with E-state index < -0.39 is 38.0 Å². The number of benzene rings is 1. The van der Waals surface area contributed by atoms with E-state index in [1.54, 1.807) is 0 Å². The minimum absolute atomic E-state index is 0.489. The van der Waals surface area contributed by atoms with Gasteiger partial charge < -0.3 is 0 Å². The fourth-order valence-electron chi connectivity index (χ4n) is 1.22. The van der Waals surface area contributed by atoms with Crippen LogP contribution < -0.4 is 0 Å². The van der Waals surface area contributed by atoms with E-state index in [2.05, 4.69) is 0 Å². The highest BCUT2D eigenvalue weighted by Crippen LogP contribution is 2.42. The maximum atomic E-state index is 12.5. The summed E-state index contributed by atoms with van der Waals surface area (Å²) in [6.07, 6.45) is -4.71. The first-order valence-corrected chi connectivity index (χ1v) is 4.62. The van der Waals surface area contributed by atoms with Crippen molar-refractivity contribution in [2.75, 3.05) is 0 Å². The van der Waals surface area contributed by atoms with Crippen LogP contribution in [-0.2, 0) is 6.18 Å². The number of hydrogen-bond donors (Lipinski definition) is 0. The summed E-state index contributed by atoms with van der Waals surface area (Å²) >= 11 is 10.9. The molecule has 0 N–H and O–H groups in total. The van der Waals surface area contributed by atoms with Gasteiger partial charge in [0.2, 0.25) is 0 Å². The van der Waals surface area contributed by atoms with Gasteiger partial charge in [-0.1, -0.05) is 23.2 Å². The van der Waals surface area contributed by atoms with Crippen molar-refractivity contribution >= 4 is 28.9 Å². The van der Waals surface area contributed by atoms with Gasteiger partial charge in [0.15, 0.2) is 0 Å². The Morgan fingerprint density at radius 1 is 1.38 bits per heavy atom. The van der Waals surface area contributed by atoms with Crippen molar-refractivity contribution in [2.24, 2.45) is 0 Å². The molecule has 1 rings (SSSR count). The second-order valence-corrected chi connectivity index (χ2v) is 3.73. The highest BCUT2D eigenvalue weighted by Gasteiger charge is 2.37. The zero-order valence-corrected chi connectivity index (χ0v) is 9.24. The average molecular weight is 274 g/mol. The number of alkyl halides is 3. The van der Waals surface area contributed by atoms with Crippen molar-refractivity contribution in [1.82, 2.24) is 0 Å². The van der Waals surface area contributed by atoms with E-state index in [0.29, 0.717) is 6.07 Å². The van der Waals surface area contributed by atoms with E-state index in [1.807, 2.05) is 0 Å². The lowest BCUT2D eigenvalue weighted by atomic mass is 10.1. The predicted octanol–water partition coefficient (Wildman–Crippen LogP) is 4.23. The molecule has 0 spiro atoms. The van der Waals surface area contributed by atoms with Crippen molar-refractivity contribution in [3.63, 3.8) is 0 Å². The van der Waals surface area contributed by atoms with E-state index in [4.69, 9.17) is 23.2 Å². The van der Waals surface area contributed by atoms with Crippen molar-refractivity contribution in [3.8, 4) is 0 Å². The smallest absolute Gasteiger partial charge is 0.258 e. The zero-order chi connectivity index (χ0) is 12.7. The van der Waals surface area contributed by atoms with Gasteiger partial charge in [0, 0.05) is 5.56 Å². The van der Waals surface area contributed by atoms with E-state index in [9.17, 15) is 23.3 Å². The van der Waals surface area contributed by atoms with E-state index in [1.165, 1.54) is 0 Å². The number of nitro groups is 1. The summed E-state index contributed by atoms with van der Waals surface area (Å²) in [4.78, 5) is 9.58. The molecule has 1 aromatic carbocycles. The maximum Gasteiger partial charge on any atom is 0.416 e. The fraction of sp³-hybridized carbons (Fsp3) is 0.250. The molecule has 0 aliphatic rings. The zero-order valence-electron chi connectivity index (χ0n) is 7.73. The topological polar surface area (TPSA) is 43.1 Å². The van der Waals surface area contributed by atoms with Gasteiger partial charge in [0.05, 0.1) is 15.5 Å². The van der Waals surface area contributed by atoms with Crippen LogP contribution in [0.2, 0.25) is 10.0 Å². The number of hydrogen-bond acceptors (Lipinski definition) is 2. The molecule has 0 saturated carbocycles. The first-order chi connectivity index (χ1) is 7.16. The summed E-state index contributed by atoms with van der Waals surface area (Å²) in [5.41, 5.74) is -2.53. The van der Waals surface area contributed by atoms with Crippen LogP contribution in [0.25, 0.3) is 0 Å². The Hall–Kier alpha value is -1.01. The van der Waals surface area contributed by atoms with Gasteiger partial charge in [-0.05, 0) is 13.0 Å². The molecule has 0 unspecified atom stereocenters. The molecule has 8 heteroatoms. The maximum absolute atomic E-state index is 12.5. The van der Waals surface area contributed by atoms with Gasteiger partial charge in [-0.3, -0.25) is 10.1 Å². The number of nitro benzene ring substituents is 1. The Balaban J connectivity index is 3.64. The molecule has 0 saturated heterocycles. The molecule has 0 aliphatic carbocycles. The number of nitrogens with zero attached hydrogens (tertiary/aromatic N) is 1. The normalized spacial score (nSPS) is 11.6. The molecule has 0 fully saturated rings. The Labute approximate surface area is 97.9 Å². The van der Waals surface area contributed by atoms with Crippen LogP contribution in [0.15, 0.2) is 6.07 Å². The van der Waals surface area contributed by atoms with Crippen LogP contribution in [0.4, 0.5) is 18.9 Å². The lowest BCUT2D eigenvalue weighted by Crippen LogP contribution is -2.09. The van der Waals surface area contributed by atoms with Gasteiger partial charge >= 0.3 is 6.18 Å². The third kappa shape index (κ3) is 2.22. The van der Waals surface area contributed by atoms with Crippen LogP contribution in [0.5, 0.6) is 0 Å². The van der Waals surface area contributed by atoms with Gasteiger partial charge in [0.25, 0.3) is 5.69 Å². The SMILES string of the molecule is Cc1c(C(F)(F)F)cc(Cl)c(Cl)c1[N+](=O)[O-]. The number of rotatable bonds is 1. The Morgan fingerprint density at radius 2 is 1.88 bits per heavy atom. The molecular formula is C8H4Cl2F3NO2. The molecule has 0 heterocycles. The minimum Gasteiger partial charge on any atom is -0.258 e. The summed E-state index contributed by atoms with van der Waals surface area (Å²) in [5.74, 6) is 0. The average Bonchev–Trinajstić information content (AvgIpc) is 2.09. The van der Waals surface area contributed by atoms with Crippen LogP contribution in [0.3, 0.4) is 0 Å². The Kier molecular flexibility index (Phi) is 3.35. The van der Waals surface area contributed by atoms with Crippen LogP contribution in [0.1, 0.15) is 11.1 Å². The molecule has 1 aromatic rings. The van der Waals surface area contributed by atoms with Crippen LogP contribution >= 0.6 is 23.2 Å². The first-order valence-electron chi connectivity index (χ1n) is 3.86. The van der Waals surface area contributed by atoms with Crippen molar-refractivity contribution < 1.29 is 18.1 Å². The summed E-state index contributed by atoms with van der Waals surface area (Å²) in [5, 5.41) is 9.59. The lowest BCUT2D eigenvalue weighted by molar-refractivity contribution is -0.385. The highest BCUT2D eigenvalue weighted by molar-refractivity contribution is 6.43. The molecule has 0 aromatic heterocycles. The Bertz CT molecular complexity index is 460. The minimum atomic E-state index is -4.71. The summed E-state index contributed by atoms with van der Waals surface area (Å²) in [6, 6.07) is 0.576. The number of halogens is 5. The molecule has 88 valence electrons. The van der Waals surface area contributed by atoms with Crippen LogP contribution in [0, 0.1) is 17.0 Å². The van der Waals surface area contributed by atoms with Gasteiger partial charge in [-0.2, -0.15) is 13.2 Å². The molecule has 0 amide bonds. The first kappa shape index (κ1) is 13.1. The molecular weight excluding hydrogens is 270 g/mol. The van der Waals surface area contributed by atoms with Gasteiger partial charge in [-0.25, -0.2) is 0 Å². The summed E-state index contributed by atoms with van der Waals surface area (Å²) in [7, 11) is 0. The summed E-state index contributed by atoms with van der Waals surface area (Å²) in [6.45, 7) is 0.975. The largest absolute Gasteiger partial charge is 0.416 e. The molecule has 0 bridgehead atoms. The third-order valence-corrected chi connectivity index (χ3v) is 2.71. The van der Waals surface area contributed by atoms with Crippen molar-refractivity contribution in [3.05, 3.63) is 37.4 Å². The second-order valence-electron chi connectivity index (χ2n) is 2.95. The summed E-state index contributed by atoms with van der Waals surface area (Å²) < 4.78 is 37.4. The molecule has 0 aliphatic heterocycles. The van der Waals surface area contributed by atoms with Crippen molar-refractivity contribution in [1.29, 1.82) is 0 Å². The highest BCUT2D eigenvalue weighted by atomic mass is 35.5. The van der Waals surface area contributed by atoms with Gasteiger partial charge in [-0.15, -0.1) is 0 Å². The van der Waals surface area contributed by atoms with Crippen molar-refractivity contribution in [2.45, 2.75) is 13.1 Å². The molecule has 3 nitrogen and oxygen atoms in total. The monoisotopic (exact) mass is 273 g/mol. The second kappa shape index (κ2) is 4.10. The van der Waals surface area contributed by atoms with Gasteiger partial charge in [0.1, 0.15) is 5.02 Å². The lowest BCUT2D eigenvalue weighted by Gasteiger charge is -2.11. The van der Waals surface area contributed by atoms with Crippen LogP contribution in [-0.4, -0.2) is 4.92 Å². The quantitative estimate of drug-likeness (QED) is 0.568. The van der Waals surface area contributed by atoms with E-state index in [-0.39, 0.29) is 0 Å². The molecule has 0 atom stereocenters. The molecule has 0 radical (unpaired) electrons. The standard InChI is InChI=1S/C8H4Cl2F3NO2/c1-3-4(8(11,12)13)2-5(9)6(10)7(3)14(15)16/h2H,1H3. The Morgan fingerprint density at radius 3 is 2.25 bits per heavy atom. The molecule has 16 heavy (non-hydrogen) atoms. The fourth-order valence-corrected chi connectivity index (χ4v) is 1.68. The third-order valence-electron chi connectivity index (χ3n) is 1.94.